The highest BCUT2D eigenvalue weighted by molar-refractivity contribution is 6.31. The summed E-state index contributed by atoms with van der Waals surface area (Å²) in [6, 6.07) is 20.2. The third-order valence-corrected chi connectivity index (χ3v) is 4.30. The molecule has 3 aromatic rings. The monoisotopic (exact) mass is 373 g/mol. The smallest absolute Gasteiger partial charge is 0.124 e. The van der Waals surface area contributed by atoms with E-state index in [0.29, 0.717) is 6.61 Å². The Hall–Kier alpha value is -2.00. The van der Waals surface area contributed by atoms with Gasteiger partial charge in [0.05, 0.1) is 0 Å². The van der Waals surface area contributed by atoms with Crippen molar-refractivity contribution < 1.29 is 4.74 Å². The van der Waals surface area contributed by atoms with E-state index >= 15 is 0 Å². The second-order valence-electron chi connectivity index (χ2n) is 5.56. The van der Waals surface area contributed by atoms with Gasteiger partial charge in [0, 0.05) is 29.2 Å². The molecule has 0 saturated heterocycles. The molecule has 0 atom stereocenters. The molecule has 0 saturated carbocycles. The highest BCUT2D eigenvalue weighted by Gasteiger charge is 2.09. The molecule has 3 rings (SSSR count). The van der Waals surface area contributed by atoms with E-state index in [2.05, 4.69) is 36.2 Å². The zero-order chi connectivity index (χ0) is 16.8. The summed E-state index contributed by atoms with van der Waals surface area (Å²) < 4.78 is 6.09. The van der Waals surface area contributed by atoms with Gasteiger partial charge in [-0.2, -0.15) is 0 Å². The number of hydrogen-bond acceptors (Lipinski definition) is 2. The Balaban J connectivity index is 0.00000225. The Morgan fingerprint density at radius 1 is 1.00 bits per heavy atom. The first-order valence-electron chi connectivity index (χ1n) is 7.98. The quantitative estimate of drug-likeness (QED) is 0.419. The Kier molecular flexibility index (Phi) is 7.32. The van der Waals surface area contributed by atoms with Gasteiger partial charge in [0.2, 0.25) is 0 Å². The lowest BCUT2D eigenvalue weighted by Crippen LogP contribution is -2.14. The third-order valence-electron chi connectivity index (χ3n) is 3.93. The number of hydrogen-bond donors (Lipinski definition) is 1. The van der Waals surface area contributed by atoms with Crippen molar-refractivity contribution in [2.45, 2.75) is 13.2 Å². The van der Waals surface area contributed by atoms with E-state index < -0.39 is 0 Å². The summed E-state index contributed by atoms with van der Waals surface area (Å²) >= 11 is 6.22. The lowest BCUT2D eigenvalue weighted by atomic mass is 10.0. The van der Waals surface area contributed by atoms with E-state index in [1.807, 2.05) is 42.5 Å². The fourth-order valence-electron chi connectivity index (χ4n) is 2.70. The second-order valence-corrected chi connectivity index (χ2v) is 5.97. The van der Waals surface area contributed by atoms with Gasteiger partial charge in [-0.1, -0.05) is 66.2 Å². The van der Waals surface area contributed by atoms with Crippen molar-refractivity contribution in [3.63, 3.8) is 0 Å². The van der Waals surface area contributed by atoms with E-state index in [1.165, 1.54) is 10.8 Å². The molecule has 0 bridgehead atoms. The Morgan fingerprint density at radius 2 is 1.76 bits per heavy atom. The number of ether oxygens (including phenoxy) is 1. The molecule has 0 aliphatic rings. The standard InChI is InChI=1S/C21H20ClNO.ClH/c1-2-13-23-14-19-18-9-5-3-7-16(18)11-12-21(19)24-15-17-8-4-6-10-20(17)22;/h2-12,23H,1,13-15H2;1H. The van der Waals surface area contributed by atoms with E-state index in [-0.39, 0.29) is 12.4 Å². The summed E-state index contributed by atoms with van der Waals surface area (Å²) in [7, 11) is 0. The van der Waals surface area contributed by atoms with Crippen LogP contribution in [0.4, 0.5) is 0 Å². The maximum absolute atomic E-state index is 6.22. The fraction of sp³-hybridized carbons (Fsp3) is 0.143. The first kappa shape index (κ1) is 19.3. The molecule has 0 radical (unpaired) electrons. The lowest BCUT2D eigenvalue weighted by Gasteiger charge is -2.15. The van der Waals surface area contributed by atoms with Gasteiger partial charge in [0.1, 0.15) is 12.4 Å². The molecule has 2 nitrogen and oxygen atoms in total. The van der Waals surface area contributed by atoms with Crippen molar-refractivity contribution in [2.24, 2.45) is 0 Å². The minimum Gasteiger partial charge on any atom is -0.488 e. The summed E-state index contributed by atoms with van der Waals surface area (Å²) in [6.45, 7) is 5.69. The van der Waals surface area contributed by atoms with Crippen LogP contribution in [0.2, 0.25) is 5.02 Å². The Bertz CT molecular complexity index is 848. The minimum atomic E-state index is 0. The lowest BCUT2D eigenvalue weighted by molar-refractivity contribution is 0.303. The zero-order valence-electron chi connectivity index (χ0n) is 13.9. The molecule has 0 fully saturated rings. The summed E-state index contributed by atoms with van der Waals surface area (Å²) in [6.07, 6.45) is 1.86. The van der Waals surface area contributed by atoms with Crippen LogP contribution in [0.15, 0.2) is 73.3 Å². The van der Waals surface area contributed by atoms with Crippen molar-refractivity contribution >= 4 is 34.8 Å². The van der Waals surface area contributed by atoms with Gasteiger partial charge in [-0.25, -0.2) is 0 Å². The molecule has 0 aliphatic heterocycles. The van der Waals surface area contributed by atoms with Crippen molar-refractivity contribution in [3.8, 4) is 5.75 Å². The Labute approximate surface area is 159 Å². The average molecular weight is 374 g/mol. The van der Waals surface area contributed by atoms with Crippen LogP contribution in [0.1, 0.15) is 11.1 Å². The predicted octanol–water partition coefficient (Wildman–Crippen LogP) is 5.77. The predicted molar refractivity (Wildman–Crippen MR) is 109 cm³/mol. The third kappa shape index (κ3) is 4.76. The number of halogens is 2. The normalized spacial score (nSPS) is 10.3. The van der Waals surface area contributed by atoms with Gasteiger partial charge < -0.3 is 10.1 Å². The molecule has 0 spiro atoms. The Morgan fingerprint density at radius 3 is 2.56 bits per heavy atom. The molecule has 0 aliphatic carbocycles. The largest absolute Gasteiger partial charge is 0.488 e. The molecule has 0 heterocycles. The van der Waals surface area contributed by atoms with Crippen LogP contribution in [-0.4, -0.2) is 6.54 Å². The van der Waals surface area contributed by atoms with Crippen LogP contribution in [-0.2, 0) is 13.2 Å². The van der Waals surface area contributed by atoms with E-state index in [9.17, 15) is 0 Å². The molecular formula is C21H21Cl2NO. The topological polar surface area (TPSA) is 21.3 Å². The van der Waals surface area contributed by atoms with Crippen LogP contribution >= 0.6 is 24.0 Å². The van der Waals surface area contributed by atoms with Crippen LogP contribution in [0.5, 0.6) is 5.75 Å². The van der Waals surface area contributed by atoms with Gasteiger partial charge in [0.25, 0.3) is 0 Å². The van der Waals surface area contributed by atoms with E-state index in [1.54, 1.807) is 0 Å². The summed E-state index contributed by atoms with van der Waals surface area (Å²) in [5.74, 6) is 0.880. The SMILES string of the molecule is C=CCNCc1c(OCc2ccccc2Cl)ccc2ccccc12.Cl. The van der Waals surface area contributed by atoms with Crippen molar-refractivity contribution in [1.29, 1.82) is 0 Å². The molecule has 25 heavy (non-hydrogen) atoms. The van der Waals surface area contributed by atoms with Gasteiger partial charge in [-0.15, -0.1) is 19.0 Å². The van der Waals surface area contributed by atoms with E-state index in [4.69, 9.17) is 16.3 Å². The maximum Gasteiger partial charge on any atom is 0.124 e. The first-order valence-corrected chi connectivity index (χ1v) is 8.36. The van der Waals surface area contributed by atoms with Gasteiger partial charge >= 0.3 is 0 Å². The first-order chi connectivity index (χ1) is 11.8. The van der Waals surface area contributed by atoms with Crippen LogP contribution in [0.25, 0.3) is 10.8 Å². The maximum atomic E-state index is 6.22. The molecule has 0 unspecified atom stereocenters. The molecule has 0 amide bonds. The number of fused-ring (bicyclic) bond motifs is 1. The van der Waals surface area contributed by atoms with Crippen molar-refractivity contribution in [2.75, 3.05) is 6.54 Å². The highest BCUT2D eigenvalue weighted by Crippen LogP contribution is 2.29. The summed E-state index contributed by atoms with van der Waals surface area (Å²) in [4.78, 5) is 0. The zero-order valence-corrected chi connectivity index (χ0v) is 15.4. The summed E-state index contributed by atoms with van der Waals surface area (Å²) in [5.41, 5.74) is 2.14. The highest BCUT2D eigenvalue weighted by atomic mass is 35.5. The minimum absolute atomic E-state index is 0. The van der Waals surface area contributed by atoms with Crippen LogP contribution in [0.3, 0.4) is 0 Å². The second kappa shape index (κ2) is 9.47. The van der Waals surface area contributed by atoms with Gasteiger partial charge in [-0.3, -0.25) is 0 Å². The molecule has 1 N–H and O–H groups in total. The van der Waals surface area contributed by atoms with Crippen LogP contribution < -0.4 is 10.1 Å². The molecule has 4 heteroatoms. The fourth-order valence-corrected chi connectivity index (χ4v) is 2.89. The number of nitrogens with one attached hydrogen (secondary N) is 1. The van der Waals surface area contributed by atoms with Gasteiger partial charge in [-0.05, 0) is 22.9 Å². The molecule has 3 aromatic carbocycles. The van der Waals surface area contributed by atoms with Crippen LogP contribution in [0, 0.1) is 0 Å². The van der Waals surface area contributed by atoms with Gasteiger partial charge in [0.15, 0.2) is 0 Å². The average Bonchev–Trinajstić information content (AvgIpc) is 2.62. The molecular weight excluding hydrogens is 353 g/mol. The molecule has 0 aromatic heterocycles. The molecule has 130 valence electrons. The van der Waals surface area contributed by atoms with Crippen molar-refractivity contribution in [3.05, 3.63) is 89.5 Å². The summed E-state index contributed by atoms with van der Waals surface area (Å²) in [5, 5.41) is 6.50. The van der Waals surface area contributed by atoms with Crippen molar-refractivity contribution in [1.82, 2.24) is 5.32 Å². The number of rotatable bonds is 7. The van der Waals surface area contributed by atoms with E-state index in [0.717, 1.165) is 35.0 Å². The number of benzene rings is 3.